The van der Waals surface area contributed by atoms with Gasteiger partial charge in [0.1, 0.15) is 0 Å². The molecule has 0 aromatic heterocycles. The van der Waals surface area contributed by atoms with Crippen molar-refractivity contribution in [2.75, 3.05) is 12.4 Å². The number of nitro groups is 1. The third-order valence-electron chi connectivity index (χ3n) is 3.86. The number of carbonyl (C=O) groups excluding carboxylic acids is 1. The van der Waals surface area contributed by atoms with Crippen LogP contribution in [0.3, 0.4) is 0 Å². The van der Waals surface area contributed by atoms with Crippen molar-refractivity contribution in [1.82, 2.24) is 5.32 Å². The Balaban J connectivity index is 1.99. The van der Waals surface area contributed by atoms with Crippen LogP contribution in [0, 0.1) is 22.5 Å². The molecular weight excluding hydrogens is 280 g/mol. The third kappa shape index (κ3) is 3.28. The van der Waals surface area contributed by atoms with Gasteiger partial charge in [-0.05, 0) is 43.7 Å². The van der Waals surface area contributed by atoms with Crippen LogP contribution in [0.2, 0.25) is 0 Å². The molecule has 1 fully saturated rings. The fourth-order valence-corrected chi connectivity index (χ4v) is 2.66. The Morgan fingerprint density at radius 1 is 1.50 bits per heavy atom. The Morgan fingerprint density at radius 2 is 2.20 bits per heavy atom. The molecule has 0 unspecified atom stereocenters. The van der Waals surface area contributed by atoms with E-state index in [1.807, 2.05) is 0 Å². The molecule has 0 radical (unpaired) electrons. The molecule has 0 saturated heterocycles. The molecule has 0 spiro atoms. The van der Waals surface area contributed by atoms with Gasteiger partial charge in [0, 0.05) is 29.6 Å². The second kappa shape index (κ2) is 5.79. The molecule has 1 aromatic carbocycles. The molecule has 1 saturated carbocycles. The van der Waals surface area contributed by atoms with E-state index >= 15 is 0 Å². The van der Waals surface area contributed by atoms with E-state index in [2.05, 4.69) is 5.32 Å². The third-order valence-corrected chi connectivity index (χ3v) is 4.05. The molecule has 108 valence electrons. The lowest BCUT2D eigenvalue weighted by Gasteiger charge is -2.14. The molecule has 1 amide bonds. The minimum Gasteiger partial charge on any atom is -0.351 e. The van der Waals surface area contributed by atoms with Crippen molar-refractivity contribution in [2.24, 2.45) is 5.41 Å². The first kappa shape index (κ1) is 14.8. The summed E-state index contributed by atoms with van der Waals surface area (Å²) in [6.45, 7) is 2.25. The van der Waals surface area contributed by atoms with Gasteiger partial charge in [0.2, 0.25) is 0 Å². The van der Waals surface area contributed by atoms with Crippen LogP contribution in [0.1, 0.15) is 35.2 Å². The summed E-state index contributed by atoms with van der Waals surface area (Å²) < 4.78 is 0. The SMILES string of the molecule is Cc1cc(C(=O)NCC2(CCCl)CC2)ccc1[N+](=O)[O-]. The molecular formula is C14H17ClN2O3. The number of hydrogen-bond donors (Lipinski definition) is 1. The van der Waals surface area contributed by atoms with Gasteiger partial charge < -0.3 is 5.32 Å². The van der Waals surface area contributed by atoms with Crippen molar-refractivity contribution < 1.29 is 9.72 Å². The van der Waals surface area contributed by atoms with Crippen LogP contribution in [0.15, 0.2) is 18.2 Å². The monoisotopic (exact) mass is 296 g/mol. The van der Waals surface area contributed by atoms with Crippen LogP contribution < -0.4 is 5.32 Å². The highest BCUT2D eigenvalue weighted by Crippen LogP contribution is 2.48. The van der Waals surface area contributed by atoms with E-state index in [4.69, 9.17) is 11.6 Å². The maximum absolute atomic E-state index is 12.0. The number of nitrogens with zero attached hydrogens (tertiary/aromatic N) is 1. The van der Waals surface area contributed by atoms with Crippen LogP contribution in [0.5, 0.6) is 0 Å². The number of aryl methyl sites for hydroxylation is 1. The molecule has 5 nitrogen and oxygen atoms in total. The number of rotatable bonds is 6. The van der Waals surface area contributed by atoms with Gasteiger partial charge in [-0.3, -0.25) is 14.9 Å². The van der Waals surface area contributed by atoms with Crippen molar-refractivity contribution in [2.45, 2.75) is 26.2 Å². The normalized spacial score (nSPS) is 15.7. The van der Waals surface area contributed by atoms with E-state index in [0.717, 1.165) is 19.3 Å². The zero-order valence-electron chi connectivity index (χ0n) is 11.3. The number of hydrogen-bond acceptors (Lipinski definition) is 3. The van der Waals surface area contributed by atoms with Gasteiger partial charge in [-0.25, -0.2) is 0 Å². The van der Waals surface area contributed by atoms with Gasteiger partial charge >= 0.3 is 0 Å². The summed E-state index contributed by atoms with van der Waals surface area (Å²) in [4.78, 5) is 22.3. The smallest absolute Gasteiger partial charge is 0.272 e. The number of benzene rings is 1. The van der Waals surface area contributed by atoms with Crippen LogP contribution in [0.25, 0.3) is 0 Å². The van der Waals surface area contributed by atoms with Gasteiger partial charge in [-0.1, -0.05) is 0 Å². The fraction of sp³-hybridized carbons (Fsp3) is 0.500. The zero-order chi connectivity index (χ0) is 14.8. The number of nitro benzene ring substituents is 1. The molecule has 1 aromatic rings. The Labute approximate surface area is 122 Å². The standard InChI is InChI=1S/C14H17ClN2O3/c1-10-8-11(2-3-12(10)17(19)20)13(18)16-9-14(4-5-14)6-7-15/h2-3,8H,4-7,9H2,1H3,(H,16,18). The largest absolute Gasteiger partial charge is 0.351 e. The molecule has 1 aliphatic rings. The fourth-order valence-electron chi connectivity index (χ4n) is 2.26. The lowest BCUT2D eigenvalue weighted by molar-refractivity contribution is -0.385. The molecule has 6 heteroatoms. The summed E-state index contributed by atoms with van der Waals surface area (Å²) in [7, 11) is 0. The predicted molar refractivity (Wildman–Crippen MR) is 77.2 cm³/mol. The van der Waals surface area contributed by atoms with Gasteiger partial charge in [0.25, 0.3) is 11.6 Å². The summed E-state index contributed by atoms with van der Waals surface area (Å²) >= 11 is 5.75. The Kier molecular flexibility index (Phi) is 4.28. The second-order valence-corrected chi connectivity index (χ2v) is 5.76. The highest BCUT2D eigenvalue weighted by Gasteiger charge is 2.41. The van der Waals surface area contributed by atoms with E-state index in [0.29, 0.717) is 23.6 Å². The first-order chi connectivity index (χ1) is 9.47. The maximum Gasteiger partial charge on any atom is 0.272 e. The molecule has 2 rings (SSSR count). The van der Waals surface area contributed by atoms with Crippen molar-refractivity contribution in [3.63, 3.8) is 0 Å². The van der Waals surface area contributed by atoms with E-state index in [9.17, 15) is 14.9 Å². The molecule has 0 heterocycles. The number of alkyl halides is 1. The van der Waals surface area contributed by atoms with Crippen molar-refractivity contribution in [1.29, 1.82) is 0 Å². The molecule has 0 atom stereocenters. The maximum atomic E-state index is 12.0. The predicted octanol–water partition coefficient (Wildman–Crippen LogP) is 3.04. The van der Waals surface area contributed by atoms with Crippen LogP contribution in [-0.2, 0) is 0 Å². The first-order valence-corrected chi connectivity index (χ1v) is 7.10. The summed E-state index contributed by atoms with van der Waals surface area (Å²) in [5.41, 5.74) is 1.15. The van der Waals surface area contributed by atoms with Crippen molar-refractivity contribution >= 4 is 23.2 Å². The summed E-state index contributed by atoms with van der Waals surface area (Å²) in [6.07, 6.45) is 3.10. The van der Waals surface area contributed by atoms with Gasteiger partial charge in [-0.2, -0.15) is 0 Å². The average Bonchev–Trinajstić information content (AvgIpc) is 3.16. The zero-order valence-corrected chi connectivity index (χ0v) is 12.1. The quantitative estimate of drug-likeness (QED) is 0.498. The highest BCUT2D eigenvalue weighted by atomic mass is 35.5. The van der Waals surface area contributed by atoms with Crippen LogP contribution >= 0.6 is 11.6 Å². The van der Waals surface area contributed by atoms with E-state index in [-0.39, 0.29) is 17.0 Å². The molecule has 0 aliphatic heterocycles. The van der Waals surface area contributed by atoms with E-state index in [1.54, 1.807) is 13.0 Å². The molecule has 0 bridgehead atoms. The van der Waals surface area contributed by atoms with Crippen molar-refractivity contribution in [3.05, 3.63) is 39.4 Å². The minimum absolute atomic E-state index is 0.0300. The first-order valence-electron chi connectivity index (χ1n) is 6.57. The van der Waals surface area contributed by atoms with E-state index in [1.165, 1.54) is 12.1 Å². The van der Waals surface area contributed by atoms with Gasteiger partial charge in [-0.15, -0.1) is 11.6 Å². The summed E-state index contributed by atoms with van der Waals surface area (Å²) in [5.74, 6) is 0.413. The van der Waals surface area contributed by atoms with Crippen LogP contribution in [0.4, 0.5) is 5.69 Å². The number of halogens is 1. The summed E-state index contributed by atoms with van der Waals surface area (Å²) in [5, 5.41) is 13.6. The van der Waals surface area contributed by atoms with E-state index < -0.39 is 4.92 Å². The number of amides is 1. The van der Waals surface area contributed by atoms with Gasteiger partial charge in [0.15, 0.2) is 0 Å². The second-order valence-electron chi connectivity index (χ2n) is 5.38. The van der Waals surface area contributed by atoms with Crippen molar-refractivity contribution in [3.8, 4) is 0 Å². The average molecular weight is 297 g/mol. The molecule has 1 aliphatic carbocycles. The Bertz CT molecular complexity index is 541. The van der Waals surface area contributed by atoms with Crippen LogP contribution in [-0.4, -0.2) is 23.3 Å². The molecule has 1 N–H and O–H groups in total. The molecule has 20 heavy (non-hydrogen) atoms. The lowest BCUT2D eigenvalue weighted by Crippen LogP contribution is -2.30. The Morgan fingerprint density at radius 3 is 2.70 bits per heavy atom. The minimum atomic E-state index is -0.448. The summed E-state index contributed by atoms with van der Waals surface area (Å²) in [6, 6.07) is 4.41. The Hall–Kier alpha value is -1.62. The lowest BCUT2D eigenvalue weighted by atomic mass is 10.0. The highest BCUT2D eigenvalue weighted by molar-refractivity contribution is 6.17. The number of carbonyl (C=O) groups is 1. The number of nitrogens with one attached hydrogen (secondary N) is 1. The topological polar surface area (TPSA) is 72.2 Å². The van der Waals surface area contributed by atoms with Gasteiger partial charge in [0.05, 0.1) is 4.92 Å².